The maximum atomic E-state index is 5.53. The first-order valence-electron chi connectivity index (χ1n) is 4.84. The lowest BCUT2D eigenvalue weighted by molar-refractivity contribution is 0.527. The van der Waals surface area contributed by atoms with Crippen LogP contribution in [0, 0.1) is 0 Å². The summed E-state index contributed by atoms with van der Waals surface area (Å²) < 4.78 is 5.26. The molecule has 15 heavy (non-hydrogen) atoms. The van der Waals surface area contributed by atoms with Crippen molar-refractivity contribution in [3.63, 3.8) is 0 Å². The first-order chi connectivity index (χ1) is 7.40. The molecule has 0 spiro atoms. The van der Waals surface area contributed by atoms with E-state index in [1.807, 2.05) is 44.2 Å². The van der Waals surface area contributed by atoms with Crippen LogP contribution >= 0.6 is 11.6 Å². The number of aromatic nitrogens is 2. The molecule has 0 bridgehead atoms. The van der Waals surface area contributed by atoms with Gasteiger partial charge in [-0.3, -0.25) is 0 Å². The summed E-state index contributed by atoms with van der Waals surface area (Å²) in [6, 6.07) is 9.58. The van der Waals surface area contributed by atoms with Gasteiger partial charge in [-0.2, -0.15) is 0 Å². The van der Waals surface area contributed by atoms with E-state index in [4.69, 9.17) is 16.0 Å². The molecule has 0 saturated heterocycles. The number of rotatable bonds is 2. The second-order valence-corrected chi connectivity index (χ2v) is 2.77. The standard InChI is InChI=1S/C9H7ClN2O.C2H6/c10-6-8-11-12-9(13-8)7-4-2-1-3-5-7;1-2/h1-5H,6H2;1-2H3. The smallest absolute Gasteiger partial charge is 0.247 e. The highest BCUT2D eigenvalue weighted by atomic mass is 35.5. The van der Waals surface area contributed by atoms with Crippen LogP contribution < -0.4 is 0 Å². The Kier molecular flexibility index (Phi) is 4.84. The molecular weight excluding hydrogens is 212 g/mol. The van der Waals surface area contributed by atoms with Crippen molar-refractivity contribution in [1.29, 1.82) is 0 Å². The zero-order chi connectivity index (χ0) is 11.1. The van der Waals surface area contributed by atoms with Gasteiger partial charge in [-0.05, 0) is 12.1 Å². The molecule has 1 aromatic heterocycles. The van der Waals surface area contributed by atoms with E-state index in [1.54, 1.807) is 0 Å². The average molecular weight is 225 g/mol. The van der Waals surface area contributed by atoms with E-state index in [0.717, 1.165) is 5.56 Å². The lowest BCUT2D eigenvalue weighted by atomic mass is 10.2. The van der Waals surface area contributed by atoms with E-state index >= 15 is 0 Å². The van der Waals surface area contributed by atoms with Crippen LogP contribution in [0.2, 0.25) is 0 Å². The van der Waals surface area contributed by atoms with Gasteiger partial charge in [0.05, 0.1) is 0 Å². The van der Waals surface area contributed by atoms with E-state index in [1.165, 1.54) is 0 Å². The average Bonchev–Trinajstić information content (AvgIpc) is 2.81. The molecule has 0 saturated carbocycles. The fourth-order valence-corrected chi connectivity index (χ4v) is 1.11. The summed E-state index contributed by atoms with van der Waals surface area (Å²) in [6.45, 7) is 4.00. The highest BCUT2D eigenvalue weighted by molar-refractivity contribution is 6.16. The zero-order valence-corrected chi connectivity index (χ0v) is 9.53. The summed E-state index contributed by atoms with van der Waals surface area (Å²) >= 11 is 5.53. The van der Waals surface area contributed by atoms with Gasteiger partial charge in [0.15, 0.2) is 0 Å². The van der Waals surface area contributed by atoms with Crippen molar-refractivity contribution in [2.24, 2.45) is 0 Å². The monoisotopic (exact) mass is 224 g/mol. The van der Waals surface area contributed by atoms with Crippen molar-refractivity contribution in [3.8, 4) is 11.5 Å². The molecule has 0 fully saturated rings. The molecule has 0 amide bonds. The molecule has 1 heterocycles. The number of benzene rings is 1. The van der Waals surface area contributed by atoms with Gasteiger partial charge in [-0.15, -0.1) is 21.8 Å². The molecule has 0 aliphatic carbocycles. The van der Waals surface area contributed by atoms with Gasteiger partial charge in [-0.25, -0.2) is 0 Å². The van der Waals surface area contributed by atoms with Crippen molar-refractivity contribution in [2.45, 2.75) is 19.7 Å². The number of alkyl halides is 1. The molecule has 0 radical (unpaired) electrons. The van der Waals surface area contributed by atoms with Crippen molar-refractivity contribution in [1.82, 2.24) is 10.2 Å². The summed E-state index contributed by atoms with van der Waals surface area (Å²) in [5, 5.41) is 7.62. The molecule has 0 aliphatic heterocycles. The predicted molar refractivity (Wildman–Crippen MR) is 60.6 cm³/mol. The molecule has 0 atom stereocenters. The van der Waals surface area contributed by atoms with E-state index in [0.29, 0.717) is 11.8 Å². The van der Waals surface area contributed by atoms with E-state index in [2.05, 4.69) is 10.2 Å². The largest absolute Gasteiger partial charge is 0.419 e. The van der Waals surface area contributed by atoms with E-state index < -0.39 is 0 Å². The minimum absolute atomic E-state index is 0.250. The van der Waals surface area contributed by atoms with Crippen LogP contribution in [-0.2, 0) is 5.88 Å². The maximum Gasteiger partial charge on any atom is 0.247 e. The Bertz CT molecular complexity index is 386. The number of hydrogen-bond acceptors (Lipinski definition) is 3. The Morgan fingerprint density at radius 1 is 1.13 bits per heavy atom. The van der Waals surface area contributed by atoms with Crippen molar-refractivity contribution >= 4 is 11.6 Å². The van der Waals surface area contributed by atoms with Crippen LogP contribution in [0.25, 0.3) is 11.5 Å². The third-order valence-electron chi connectivity index (χ3n) is 1.60. The molecule has 2 rings (SSSR count). The lowest BCUT2D eigenvalue weighted by Crippen LogP contribution is -1.75. The molecule has 0 unspecified atom stereocenters. The fraction of sp³-hybridized carbons (Fsp3) is 0.273. The van der Waals surface area contributed by atoms with Gasteiger partial charge >= 0.3 is 0 Å². The fourth-order valence-electron chi connectivity index (χ4n) is 1.00. The molecule has 0 aliphatic rings. The maximum absolute atomic E-state index is 5.53. The molecule has 4 heteroatoms. The van der Waals surface area contributed by atoms with Crippen LogP contribution in [0.3, 0.4) is 0 Å². The zero-order valence-electron chi connectivity index (χ0n) is 8.77. The van der Waals surface area contributed by atoms with Crippen LogP contribution in [0.5, 0.6) is 0 Å². The van der Waals surface area contributed by atoms with Gasteiger partial charge < -0.3 is 4.42 Å². The molecule has 3 nitrogen and oxygen atoms in total. The molecular formula is C11H13ClN2O. The van der Waals surface area contributed by atoms with E-state index in [9.17, 15) is 0 Å². The number of nitrogens with zero attached hydrogens (tertiary/aromatic N) is 2. The minimum atomic E-state index is 0.250. The molecule has 1 aromatic carbocycles. The second-order valence-electron chi connectivity index (χ2n) is 2.50. The van der Waals surface area contributed by atoms with Crippen LogP contribution in [0.4, 0.5) is 0 Å². The summed E-state index contributed by atoms with van der Waals surface area (Å²) in [5.41, 5.74) is 0.909. The Hall–Kier alpha value is -1.35. The minimum Gasteiger partial charge on any atom is -0.419 e. The highest BCUT2D eigenvalue weighted by Crippen LogP contribution is 2.17. The van der Waals surface area contributed by atoms with Crippen LogP contribution in [0.15, 0.2) is 34.7 Å². The summed E-state index contributed by atoms with van der Waals surface area (Å²) in [4.78, 5) is 0. The summed E-state index contributed by atoms with van der Waals surface area (Å²) in [6.07, 6.45) is 0. The first-order valence-corrected chi connectivity index (χ1v) is 5.37. The Labute approximate surface area is 94.1 Å². The first kappa shape index (κ1) is 11.7. The Morgan fingerprint density at radius 3 is 2.33 bits per heavy atom. The van der Waals surface area contributed by atoms with Crippen LogP contribution in [0.1, 0.15) is 19.7 Å². The number of halogens is 1. The second kappa shape index (κ2) is 6.19. The number of hydrogen-bond donors (Lipinski definition) is 0. The van der Waals surface area contributed by atoms with Gasteiger partial charge in [0.2, 0.25) is 11.8 Å². The van der Waals surface area contributed by atoms with Gasteiger partial charge in [0.1, 0.15) is 5.88 Å². The topological polar surface area (TPSA) is 38.9 Å². The van der Waals surface area contributed by atoms with Gasteiger partial charge in [0, 0.05) is 5.56 Å². The van der Waals surface area contributed by atoms with Gasteiger partial charge in [-0.1, -0.05) is 32.0 Å². The van der Waals surface area contributed by atoms with E-state index in [-0.39, 0.29) is 5.88 Å². The predicted octanol–water partition coefficient (Wildman–Crippen LogP) is 3.50. The Balaban J connectivity index is 0.000000531. The SMILES string of the molecule is CC.ClCc1nnc(-c2ccccc2)o1. The highest BCUT2D eigenvalue weighted by Gasteiger charge is 2.05. The lowest BCUT2D eigenvalue weighted by Gasteiger charge is -1.90. The van der Waals surface area contributed by atoms with Gasteiger partial charge in [0.25, 0.3) is 0 Å². The third-order valence-corrected chi connectivity index (χ3v) is 1.83. The normalized spacial score (nSPS) is 9.27. The third kappa shape index (κ3) is 3.06. The summed E-state index contributed by atoms with van der Waals surface area (Å²) in [5.74, 6) is 1.21. The Morgan fingerprint density at radius 2 is 1.80 bits per heavy atom. The summed E-state index contributed by atoms with van der Waals surface area (Å²) in [7, 11) is 0. The van der Waals surface area contributed by atoms with Crippen LogP contribution in [-0.4, -0.2) is 10.2 Å². The van der Waals surface area contributed by atoms with Crippen molar-refractivity contribution in [2.75, 3.05) is 0 Å². The molecule has 80 valence electrons. The molecule has 0 N–H and O–H groups in total. The molecule has 2 aromatic rings. The van der Waals surface area contributed by atoms with Crippen molar-refractivity contribution < 1.29 is 4.42 Å². The quantitative estimate of drug-likeness (QED) is 0.733. The van der Waals surface area contributed by atoms with Crippen molar-refractivity contribution in [3.05, 3.63) is 36.2 Å².